The Balaban J connectivity index is 2.89. The molecule has 0 spiro atoms. The minimum absolute atomic E-state index is 0.676. The maximum absolute atomic E-state index is 5.16. The fourth-order valence-electron chi connectivity index (χ4n) is 1.51. The summed E-state index contributed by atoms with van der Waals surface area (Å²) in [5.74, 6) is 0. The number of hydrogen-bond donors (Lipinski definition) is 0. The third kappa shape index (κ3) is 2.23. The van der Waals surface area contributed by atoms with E-state index in [2.05, 4.69) is 31.1 Å². The highest BCUT2D eigenvalue weighted by Gasteiger charge is 2.11. The molecular weight excluding hydrogens is 182 g/mol. The zero-order chi connectivity index (χ0) is 9.84. The quantitative estimate of drug-likeness (QED) is 0.691. The molecule has 0 aliphatic rings. The second-order valence-corrected chi connectivity index (χ2v) is 4.18. The van der Waals surface area contributed by atoms with Crippen molar-refractivity contribution in [3.05, 3.63) is 15.8 Å². The Labute approximate surface area is 84.1 Å². The van der Waals surface area contributed by atoms with E-state index in [0.29, 0.717) is 6.73 Å². The van der Waals surface area contributed by atoms with Crippen molar-refractivity contribution in [1.82, 2.24) is 0 Å². The third-order valence-corrected chi connectivity index (χ3v) is 3.12. The molecule has 74 valence electrons. The molecule has 13 heavy (non-hydrogen) atoms. The first-order chi connectivity index (χ1) is 6.20. The monoisotopic (exact) mass is 199 g/mol. The number of nitrogens with zero attached hydrogens (tertiary/aromatic N) is 1. The number of rotatable bonds is 4. The summed E-state index contributed by atoms with van der Waals surface area (Å²) >= 11 is 1.80. The molecule has 0 aromatic carbocycles. The van der Waals surface area contributed by atoms with Gasteiger partial charge in [0.2, 0.25) is 0 Å². The van der Waals surface area contributed by atoms with Crippen LogP contribution in [0, 0.1) is 13.8 Å². The average molecular weight is 199 g/mol. The molecule has 1 rings (SSSR count). The summed E-state index contributed by atoms with van der Waals surface area (Å²) in [5, 5.41) is 2.20. The lowest BCUT2D eigenvalue weighted by molar-refractivity contribution is 0.198. The Bertz CT molecular complexity index is 250. The summed E-state index contributed by atoms with van der Waals surface area (Å²) in [6.07, 6.45) is 0. The average Bonchev–Trinajstić information content (AvgIpc) is 2.43. The minimum Gasteiger partial charge on any atom is -0.364 e. The van der Waals surface area contributed by atoms with Gasteiger partial charge in [-0.05, 0) is 31.7 Å². The number of anilines is 1. The normalized spacial score (nSPS) is 10.5. The van der Waals surface area contributed by atoms with Crippen LogP contribution in [0.5, 0.6) is 0 Å². The van der Waals surface area contributed by atoms with E-state index in [1.54, 1.807) is 18.4 Å². The van der Waals surface area contributed by atoms with Crippen molar-refractivity contribution < 1.29 is 4.74 Å². The zero-order valence-corrected chi connectivity index (χ0v) is 9.57. The lowest BCUT2D eigenvalue weighted by atomic mass is 10.2. The number of methoxy groups -OCH3 is 1. The lowest BCUT2D eigenvalue weighted by Gasteiger charge is -2.22. The van der Waals surface area contributed by atoms with Crippen molar-refractivity contribution in [2.45, 2.75) is 20.8 Å². The molecule has 1 aromatic rings. The van der Waals surface area contributed by atoms with E-state index in [1.165, 1.54) is 16.1 Å². The van der Waals surface area contributed by atoms with Gasteiger partial charge < -0.3 is 9.64 Å². The number of aryl methyl sites for hydroxylation is 2. The highest BCUT2D eigenvalue weighted by Crippen LogP contribution is 2.29. The topological polar surface area (TPSA) is 12.5 Å². The predicted molar refractivity (Wildman–Crippen MR) is 58.7 cm³/mol. The van der Waals surface area contributed by atoms with Gasteiger partial charge in [-0.25, -0.2) is 0 Å². The maximum atomic E-state index is 5.16. The number of hydrogen-bond acceptors (Lipinski definition) is 3. The molecule has 0 unspecified atom stereocenters. The Kier molecular flexibility index (Phi) is 3.75. The van der Waals surface area contributed by atoms with Crippen LogP contribution in [0.1, 0.15) is 17.4 Å². The van der Waals surface area contributed by atoms with Crippen LogP contribution < -0.4 is 4.90 Å². The molecule has 3 heteroatoms. The number of ether oxygens (including phenoxy) is 1. The second kappa shape index (κ2) is 4.63. The van der Waals surface area contributed by atoms with Gasteiger partial charge in [0, 0.05) is 18.5 Å². The first kappa shape index (κ1) is 10.5. The SMILES string of the molecule is CCN(COC)c1c(C)csc1C. The van der Waals surface area contributed by atoms with Crippen molar-refractivity contribution >= 4 is 17.0 Å². The van der Waals surface area contributed by atoms with Crippen molar-refractivity contribution in [1.29, 1.82) is 0 Å². The van der Waals surface area contributed by atoms with Gasteiger partial charge in [0.15, 0.2) is 0 Å². The second-order valence-electron chi connectivity index (χ2n) is 3.10. The van der Waals surface area contributed by atoms with Gasteiger partial charge in [0.1, 0.15) is 6.73 Å². The van der Waals surface area contributed by atoms with E-state index < -0.39 is 0 Å². The number of thiophene rings is 1. The summed E-state index contributed by atoms with van der Waals surface area (Å²) in [6.45, 7) is 8.12. The lowest BCUT2D eigenvalue weighted by Crippen LogP contribution is -2.25. The van der Waals surface area contributed by atoms with Crippen LogP contribution in [-0.4, -0.2) is 20.4 Å². The smallest absolute Gasteiger partial charge is 0.118 e. The van der Waals surface area contributed by atoms with E-state index in [9.17, 15) is 0 Å². The molecule has 0 saturated heterocycles. The first-order valence-corrected chi connectivity index (χ1v) is 5.37. The summed E-state index contributed by atoms with van der Waals surface area (Å²) in [6, 6.07) is 0. The van der Waals surface area contributed by atoms with E-state index in [0.717, 1.165) is 6.54 Å². The van der Waals surface area contributed by atoms with Gasteiger partial charge in [0.05, 0.1) is 5.69 Å². The van der Waals surface area contributed by atoms with Gasteiger partial charge >= 0.3 is 0 Å². The molecule has 1 aromatic heterocycles. The minimum atomic E-state index is 0.676. The van der Waals surface area contributed by atoms with Crippen LogP contribution in [0.2, 0.25) is 0 Å². The Hall–Kier alpha value is -0.540. The predicted octanol–water partition coefficient (Wildman–Crippen LogP) is 2.80. The summed E-state index contributed by atoms with van der Waals surface area (Å²) in [4.78, 5) is 3.62. The molecule has 0 bridgehead atoms. The van der Waals surface area contributed by atoms with Gasteiger partial charge in [-0.3, -0.25) is 0 Å². The van der Waals surface area contributed by atoms with Crippen molar-refractivity contribution in [2.75, 3.05) is 25.3 Å². The van der Waals surface area contributed by atoms with Crippen LogP contribution >= 0.6 is 11.3 Å². The molecule has 0 atom stereocenters. The van der Waals surface area contributed by atoms with E-state index in [1.807, 2.05) is 0 Å². The molecule has 0 fully saturated rings. The summed E-state index contributed by atoms with van der Waals surface area (Å²) < 4.78 is 5.16. The van der Waals surface area contributed by atoms with Crippen LogP contribution in [0.3, 0.4) is 0 Å². The van der Waals surface area contributed by atoms with Crippen LogP contribution in [0.25, 0.3) is 0 Å². The Morgan fingerprint density at radius 2 is 2.15 bits per heavy atom. The van der Waals surface area contributed by atoms with E-state index in [4.69, 9.17) is 4.74 Å². The molecule has 0 amide bonds. The molecular formula is C10H17NOS. The molecule has 0 aliphatic carbocycles. The van der Waals surface area contributed by atoms with Crippen molar-refractivity contribution in [2.24, 2.45) is 0 Å². The third-order valence-electron chi connectivity index (χ3n) is 2.10. The molecule has 0 N–H and O–H groups in total. The molecule has 0 radical (unpaired) electrons. The maximum Gasteiger partial charge on any atom is 0.118 e. The van der Waals surface area contributed by atoms with E-state index in [-0.39, 0.29) is 0 Å². The van der Waals surface area contributed by atoms with Crippen molar-refractivity contribution in [3.63, 3.8) is 0 Å². The standard InChI is InChI=1S/C10H17NOS/c1-5-11(7-12-4)10-8(2)6-13-9(10)3/h6H,5,7H2,1-4H3. The van der Waals surface area contributed by atoms with Crippen LogP contribution in [-0.2, 0) is 4.74 Å². The van der Waals surface area contributed by atoms with Gasteiger partial charge in [-0.15, -0.1) is 11.3 Å². The Morgan fingerprint density at radius 3 is 2.54 bits per heavy atom. The highest BCUT2D eigenvalue weighted by molar-refractivity contribution is 7.10. The van der Waals surface area contributed by atoms with E-state index >= 15 is 0 Å². The van der Waals surface area contributed by atoms with Crippen molar-refractivity contribution in [3.8, 4) is 0 Å². The summed E-state index contributed by atoms with van der Waals surface area (Å²) in [7, 11) is 1.74. The Morgan fingerprint density at radius 1 is 1.46 bits per heavy atom. The fourth-order valence-corrected chi connectivity index (χ4v) is 2.37. The molecule has 1 heterocycles. The summed E-state index contributed by atoms with van der Waals surface area (Å²) in [5.41, 5.74) is 2.69. The van der Waals surface area contributed by atoms with Gasteiger partial charge in [0.25, 0.3) is 0 Å². The molecule has 0 saturated carbocycles. The molecule has 2 nitrogen and oxygen atoms in total. The van der Waals surface area contributed by atoms with Gasteiger partial charge in [-0.2, -0.15) is 0 Å². The fraction of sp³-hybridized carbons (Fsp3) is 0.600. The van der Waals surface area contributed by atoms with Crippen LogP contribution in [0.15, 0.2) is 5.38 Å². The largest absolute Gasteiger partial charge is 0.364 e. The highest BCUT2D eigenvalue weighted by atomic mass is 32.1. The molecule has 0 aliphatic heterocycles. The first-order valence-electron chi connectivity index (χ1n) is 4.49. The van der Waals surface area contributed by atoms with Gasteiger partial charge in [-0.1, -0.05) is 0 Å². The van der Waals surface area contributed by atoms with Crippen LogP contribution in [0.4, 0.5) is 5.69 Å². The zero-order valence-electron chi connectivity index (χ0n) is 8.76.